The van der Waals surface area contributed by atoms with Crippen molar-refractivity contribution in [1.82, 2.24) is 5.32 Å². The van der Waals surface area contributed by atoms with Crippen molar-refractivity contribution < 1.29 is 0 Å². The molecule has 0 radical (unpaired) electrons. The van der Waals surface area contributed by atoms with Crippen molar-refractivity contribution in [2.75, 3.05) is 13.1 Å². The molecule has 1 saturated heterocycles. The summed E-state index contributed by atoms with van der Waals surface area (Å²) in [5.74, 6) is 0.833. The van der Waals surface area contributed by atoms with Gasteiger partial charge in [0.1, 0.15) is 0 Å². The molecule has 96 valence electrons. The van der Waals surface area contributed by atoms with E-state index in [1.165, 1.54) is 11.1 Å². The van der Waals surface area contributed by atoms with Crippen LogP contribution < -0.4 is 5.32 Å². The molecular weight excluding hydrogens is 194 g/mol. The van der Waals surface area contributed by atoms with Crippen LogP contribution in [0, 0.1) is 5.92 Å². The Hall–Kier alpha value is -0.560. The molecule has 0 spiro atoms. The van der Waals surface area contributed by atoms with Crippen molar-refractivity contribution in [2.24, 2.45) is 5.92 Å². The van der Waals surface area contributed by atoms with E-state index in [4.69, 9.17) is 0 Å². The Labute approximate surface area is 103 Å². The number of hydrogen-bond acceptors (Lipinski definition) is 1. The molecular formula is C15H31N. The highest BCUT2D eigenvalue weighted by atomic mass is 14.9. The van der Waals surface area contributed by atoms with Crippen molar-refractivity contribution in [3.8, 4) is 0 Å². The number of allylic oxidation sites excluding steroid dienone is 2. The Bertz CT molecular complexity index is 197. The summed E-state index contributed by atoms with van der Waals surface area (Å²) in [5, 5.41) is 3.32. The van der Waals surface area contributed by atoms with Gasteiger partial charge in [-0.15, -0.1) is 0 Å². The monoisotopic (exact) mass is 225 g/mol. The zero-order valence-corrected chi connectivity index (χ0v) is 12.4. The lowest BCUT2D eigenvalue weighted by atomic mass is 10.1. The lowest BCUT2D eigenvalue weighted by Gasteiger charge is -1.95. The van der Waals surface area contributed by atoms with Crippen LogP contribution in [-0.4, -0.2) is 13.1 Å². The quantitative estimate of drug-likeness (QED) is 0.690. The van der Waals surface area contributed by atoms with Crippen molar-refractivity contribution >= 4 is 0 Å². The van der Waals surface area contributed by atoms with Gasteiger partial charge in [-0.05, 0) is 30.4 Å². The molecule has 16 heavy (non-hydrogen) atoms. The van der Waals surface area contributed by atoms with Crippen LogP contribution in [0.5, 0.6) is 0 Å². The third kappa shape index (κ3) is 9.97. The van der Waals surface area contributed by atoms with E-state index in [1.54, 1.807) is 0 Å². The largest absolute Gasteiger partial charge is 0.309 e. The van der Waals surface area contributed by atoms with Crippen molar-refractivity contribution in [1.29, 1.82) is 0 Å². The third-order valence-corrected chi connectivity index (χ3v) is 1.84. The fraction of sp³-hybridized carbons (Fsp3) is 0.733. The number of rotatable bonds is 1. The molecule has 1 nitrogen and oxygen atoms in total. The van der Waals surface area contributed by atoms with Crippen molar-refractivity contribution in [2.45, 2.75) is 54.9 Å². The van der Waals surface area contributed by atoms with Gasteiger partial charge in [0.25, 0.3) is 0 Å². The van der Waals surface area contributed by atoms with Gasteiger partial charge >= 0.3 is 0 Å². The maximum absolute atomic E-state index is 3.32. The Balaban J connectivity index is 0. The second kappa shape index (κ2) is 12.5. The summed E-state index contributed by atoms with van der Waals surface area (Å²) < 4.78 is 0. The molecule has 0 aromatic heterocycles. The molecule has 0 unspecified atom stereocenters. The SMILES string of the molecule is C/C=C1/CNC/C1=C/CC.CC.CC(C)C. The van der Waals surface area contributed by atoms with Crippen LogP contribution in [0.1, 0.15) is 54.9 Å². The lowest BCUT2D eigenvalue weighted by Crippen LogP contribution is -2.04. The first-order valence-electron chi connectivity index (χ1n) is 6.67. The van der Waals surface area contributed by atoms with Crippen LogP contribution in [0.15, 0.2) is 23.3 Å². The maximum Gasteiger partial charge on any atom is 0.0208 e. The summed E-state index contributed by atoms with van der Waals surface area (Å²) >= 11 is 0. The smallest absolute Gasteiger partial charge is 0.0208 e. The Kier molecular flexibility index (Phi) is 13.9. The van der Waals surface area contributed by atoms with Gasteiger partial charge in [0, 0.05) is 13.1 Å². The minimum atomic E-state index is 0.833. The predicted molar refractivity (Wildman–Crippen MR) is 76.9 cm³/mol. The molecule has 0 bridgehead atoms. The minimum Gasteiger partial charge on any atom is -0.309 e. The van der Waals surface area contributed by atoms with Crippen LogP contribution in [0.3, 0.4) is 0 Å². The Morgan fingerprint density at radius 2 is 1.56 bits per heavy atom. The average molecular weight is 225 g/mol. The van der Waals surface area contributed by atoms with Crippen LogP contribution in [0.25, 0.3) is 0 Å². The molecule has 0 amide bonds. The molecule has 1 heterocycles. The zero-order chi connectivity index (χ0) is 13.0. The van der Waals surface area contributed by atoms with E-state index in [0.717, 1.165) is 25.4 Å². The third-order valence-electron chi connectivity index (χ3n) is 1.84. The van der Waals surface area contributed by atoms with Gasteiger partial charge in [-0.2, -0.15) is 0 Å². The van der Waals surface area contributed by atoms with E-state index in [9.17, 15) is 0 Å². The Morgan fingerprint density at radius 1 is 1.12 bits per heavy atom. The molecule has 1 aliphatic rings. The summed E-state index contributed by atoms with van der Waals surface area (Å²) in [5.41, 5.74) is 2.96. The summed E-state index contributed by atoms with van der Waals surface area (Å²) in [7, 11) is 0. The van der Waals surface area contributed by atoms with Crippen LogP contribution in [-0.2, 0) is 0 Å². The van der Waals surface area contributed by atoms with Gasteiger partial charge in [0.15, 0.2) is 0 Å². The average Bonchev–Trinajstić information content (AvgIpc) is 2.68. The van der Waals surface area contributed by atoms with Crippen molar-refractivity contribution in [3.63, 3.8) is 0 Å². The van der Waals surface area contributed by atoms with E-state index in [2.05, 4.69) is 52.1 Å². The van der Waals surface area contributed by atoms with Crippen LogP contribution in [0.2, 0.25) is 0 Å². The topological polar surface area (TPSA) is 12.0 Å². The van der Waals surface area contributed by atoms with Crippen LogP contribution >= 0.6 is 0 Å². The number of nitrogens with one attached hydrogen (secondary N) is 1. The molecule has 1 fully saturated rings. The molecule has 0 atom stereocenters. The predicted octanol–water partition coefficient (Wildman–Crippen LogP) is 4.56. The first kappa shape index (κ1) is 17.8. The van der Waals surface area contributed by atoms with E-state index >= 15 is 0 Å². The molecule has 1 rings (SSSR count). The van der Waals surface area contributed by atoms with Crippen molar-refractivity contribution in [3.05, 3.63) is 23.3 Å². The minimum absolute atomic E-state index is 0.833. The second-order valence-electron chi connectivity index (χ2n) is 4.29. The van der Waals surface area contributed by atoms with E-state index < -0.39 is 0 Å². The van der Waals surface area contributed by atoms with Gasteiger partial charge in [-0.1, -0.05) is 53.7 Å². The standard InChI is InChI=1S/C9H15N.C4H10.C2H6/c1-3-5-9-7-10-6-8(9)4-2;1-4(2)3;1-2/h4-5,10H,3,6-7H2,1-2H3;4H,1-3H3;1-2H3/b8-4-,9-5-;;. The van der Waals surface area contributed by atoms with Crippen LogP contribution in [0.4, 0.5) is 0 Å². The molecule has 0 aliphatic carbocycles. The first-order chi connectivity index (χ1) is 7.61. The highest BCUT2D eigenvalue weighted by Crippen LogP contribution is 2.14. The second-order valence-corrected chi connectivity index (χ2v) is 4.29. The molecule has 0 saturated carbocycles. The summed E-state index contributed by atoms with van der Waals surface area (Å²) in [6.45, 7) is 16.9. The van der Waals surface area contributed by atoms with Gasteiger partial charge in [-0.25, -0.2) is 0 Å². The molecule has 0 aromatic carbocycles. The normalized spacial score (nSPS) is 19.2. The number of hydrogen-bond donors (Lipinski definition) is 1. The van der Waals surface area contributed by atoms with Gasteiger partial charge < -0.3 is 5.32 Å². The fourth-order valence-electron chi connectivity index (χ4n) is 1.30. The molecule has 1 N–H and O–H groups in total. The summed E-state index contributed by atoms with van der Waals surface area (Å²) in [4.78, 5) is 0. The summed E-state index contributed by atoms with van der Waals surface area (Å²) in [6.07, 6.45) is 5.64. The molecule has 1 heteroatoms. The first-order valence-corrected chi connectivity index (χ1v) is 6.67. The fourth-order valence-corrected chi connectivity index (χ4v) is 1.30. The summed E-state index contributed by atoms with van der Waals surface area (Å²) in [6, 6.07) is 0. The van der Waals surface area contributed by atoms with Gasteiger partial charge in [0.05, 0.1) is 0 Å². The molecule has 0 aromatic rings. The maximum atomic E-state index is 3.32. The Morgan fingerprint density at radius 3 is 1.94 bits per heavy atom. The van der Waals surface area contributed by atoms with E-state index in [1.807, 2.05) is 13.8 Å². The van der Waals surface area contributed by atoms with E-state index in [-0.39, 0.29) is 0 Å². The van der Waals surface area contributed by atoms with Gasteiger partial charge in [0.2, 0.25) is 0 Å². The zero-order valence-electron chi connectivity index (χ0n) is 12.4. The molecule has 1 aliphatic heterocycles. The van der Waals surface area contributed by atoms with Gasteiger partial charge in [-0.3, -0.25) is 0 Å². The highest BCUT2D eigenvalue weighted by Gasteiger charge is 2.09. The highest BCUT2D eigenvalue weighted by molar-refractivity contribution is 5.36. The lowest BCUT2D eigenvalue weighted by molar-refractivity contribution is 0.737. The van der Waals surface area contributed by atoms with E-state index in [0.29, 0.717) is 0 Å².